The van der Waals surface area contributed by atoms with Crippen LogP contribution in [0.3, 0.4) is 0 Å². The molecule has 4 nitrogen and oxygen atoms in total. The van der Waals surface area contributed by atoms with E-state index in [1.807, 2.05) is 17.0 Å². The molecule has 1 saturated heterocycles. The lowest BCUT2D eigenvalue weighted by Crippen LogP contribution is -2.39. The smallest absolute Gasteiger partial charge is 0.251 e. The van der Waals surface area contributed by atoms with Gasteiger partial charge in [0, 0.05) is 25.9 Å². The molecule has 0 amide bonds. The van der Waals surface area contributed by atoms with Crippen LogP contribution < -0.4 is 10.6 Å². The summed E-state index contributed by atoms with van der Waals surface area (Å²) in [6, 6.07) is 5.49. The number of aromatic nitrogens is 2. The van der Waals surface area contributed by atoms with E-state index < -0.39 is 5.92 Å². The van der Waals surface area contributed by atoms with Crippen molar-refractivity contribution in [2.75, 3.05) is 23.7 Å². The van der Waals surface area contributed by atoms with E-state index in [0.29, 0.717) is 30.2 Å². The molecule has 0 bridgehead atoms. The molecule has 0 radical (unpaired) electrons. The second-order valence-electron chi connectivity index (χ2n) is 4.65. The molecule has 1 aromatic carbocycles. The lowest BCUT2D eigenvalue weighted by Gasteiger charge is -2.31. The van der Waals surface area contributed by atoms with Crippen molar-refractivity contribution in [1.82, 2.24) is 9.97 Å². The standard InChI is InChI=1S/C12H14F2N4/c13-12(14)4-6-18(7-5-12)11-16-9-3-1-2-8(15)10(9)17-11/h1-3H,4-7,15H2,(H,16,17). The van der Waals surface area contributed by atoms with Crippen molar-refractivity contribution in [2.24, 2.45) is 0 Å². The molecular formula is C12H14F2N4. The zero-order chi connectivity index (χ0) is 12.8. The van der Waals surface area contributed by atoms with Gasteiger partial charge in [0.25, 0.3) is 5.92 Å². The molecule has 96 valence electrons. The molecule has 0 atom stereocenters. The molecule has 2 heterocycles. The van der Waals surface area contributed by atoms with Crippen LogP contribution in [0.25, 0.3) is 11.0 Å². The van der Waals surface area contributed by atoms with Crippen LogP contribution >= 0.6 is 0 Å². The number of benzene rings is 1. The Morgan fingerprint density at radius 1 is 1.28 bits per heavy atom. The minimum Gasteiger partial charge on any atom is -0.397 e. The van der Waals surface area contributed by atoms with Crippen LogP contribution in [-0.2, 0) is 0 Å². The highest BCUT2D eigenvalue weighted by atomic mass is 19.3. The second-order valence-corrected chi connectivity index (χ2v) is 4.65. The maximum atomic E-state index is 13.1. The minimum absolute atomic E-state index is 0.125. The summed E-state index contributed by atoms with van der Waals surface area (Å²) < 4.78 is 26.2. The van der Waals surface area contributed by atoms with Gasteiger partial charge in [0.15, 0.2) is 0 Å². The number of hydrogen-bond donors (Lipinski definition) is 2. The first-order chi connectivity index (χ1) is 8.55. The van der Waals surface area contributed by atoms with Gasteiger partial charge in [-0.05, 0) is 12.1 Å². The van der Waals surface area contributed by atoms with E-state index >= 15 is 0 Å². The molecule has 3 rings (SSSR count). The van der Waals surface area contributed by atoms with Gasteiger partial charge >= 0.3 is 0 Å². The van der Waals surface area contributed by atoms with Gasteiger partial charge in [-0.25, -0.2) is 13.8 Å². The van der Waals surface area contributed by atoms with Crippen LogP contribution in [0.15, 0.2) is 18.2 Å². The number of anilines is 2. The van der Waals surface area contributed by atoms with Crippen molar-refractivity contribution >= 4 is 22.7 Å². The number of alkyl halides is 2. The van der Waals surface area contributed by atoms with Crippen molar-refractivity contribution in [3.8, 4) is 0 Å². The maximum absolute atomic E-state index is 13.1. The van der Waals surface area contributed by atoms with Crippen LogP contribution in [0.5, 0.6) is 0 Å². The third-order valence-electron chi connectivity index (χ3n) is 3.33. The SMILES string of the molecule is Nc1cccc2[nH]c(N3CCC(F)(F)CC3)nc12. The van der Waals surface area contributed by atoms with Crippen molar-refractivity contribution in [3.05, 3.63) is 18.2 Å². The number of imidazole rings is 1. The van der Waals surface area contributed by atoms with Gasteiger partial charge in [-0.2, -0.15) is 0 Å². The highest BCUT2D eigenvalue weighted by Gasteiger charge is 2.34. The lowest BCUT2D eigenvalue weighted by atomic mass is 10.1. The Balaban J connectivity index is 1.89. The van der Waals surface area contributed by atoms with Gasteiger partial charge in [0.05, 0.1) is 11.2 Å². The van der Waals surface area contributed by atoms with E-state index in [4.69, 9.17) is 5.73 Å². The number of nitrogens with two attached hydrogens (primary N) is 1. The van der Waals surface area contributed by atoms with Crippen LogP contribution in [0.4, 0.5) is 20.4 Å². The normalized spacial score (nSPS) is 19.3. The number of rotatable bonds is 1. The third-order valence-corrected chi connectivity index (χ3v) is 3.33. The number of nitrogen functional groups attached to an aromatic ring is 1. The molecule has 1 aliphatic rings. The largest absolute Gasteiger partial charge is 0.397 e. The molecule has 3 N–H and O–H groups in total. The van der Waals surface area contributed by atoms with Crippen molar-refractivity contribution in [1.29, 1.82) is 0 Å². The number of nitrogens with one attached hydrogen (secondary N) is 1. The van der Waals surface area contributed by atoms with Gasteiger partial charge in [-0.1, -0.05) is 6.07 Å². The molecule has 6 heteroatoms. The van der Waals surface area contributed by atoms with Gasteiger partial charge < -0.3 is 15.6 Å². The van der Waals surface area contributed by atoms with Gasteiger partial charge in [-0.15, -0.1) is 0 Å². The van der Waals surface area contributed by atoms with Crippen molar-refractivity contribution in [2.45, 2.75) is 18.8 Å². The summed E-state index contributed by atoms with van der Waals surface area (Å²) in [6.45, 7) is 0.624. The zero-order valence-corrected chi connectivity index (χ0v) is 9.79. The van der Waals surface area contributed by atoms with Gasteiger partial charge in [0.1, 0.15) is 5.52 Å². The summed E-state index contributed by atoms with van der Waals surface area (Å²) in [4.78, 5) is 9.35. The molecular weight excluding hydrogens is 238 g/mol. The van der Waals surface area contributed by atoms with Gasteiger partial charge in [-0.3, -0.25) is 0 Å². The molecule has 2 aromatic rings. The summed E-state index contributed by atoms with van der Waals surface area (Å²) in [6.07, 6.45) is -0.251. The van der Waals surface area contributed by atoms with Crippen LogP contribution in [-0.4, -0.2) is 29.0 Å². The number of aromatic amines is 1. The van der Waals surface area contributed by atoms with E-state index in [1.54, 1.807) is 6.07 Å². The Morgan fingerprint density at radius 2 is 2.00 bits per heavy atom. The van der Waals surface area contributed by atoms with Crippen LogP contribution in [0, 0.1) is 0 Å². The minimum atomic E-state index is -2.54. The van der Waals surface area contributed by atoms with E-state index in [0.717, 1.165) is 5.52 Å². The maximum Gasteiger partial charge on any atom is 0.251 e. The average Bonchev–Trinajstić information content (AvgIpc) is 2.74. The Kier molecular flexibility index (Phi) is 2.39. The van der Waals surface area contributed by atoms with E-state index in [2.05, 4.69) is 9.97 Å². The Labute approximate surface area is 103 Å². The molecule has 0 unspecified atom stereocenters. The summed E-state index contributed by atoms with van der Waals surface area (Å²) in [7, 11) is 0. The van der Waals surface area contributed by atoms with Crippen LogP contribution in [0.1, 0.15) is 12.8 Å². The number of para-hydroxylation sites is 1. The molecule has 0 saturated carbocycles. The topological polar surface area (TPSA) is 57.9 Å². The number of halogens is 2. The quantitative estimate of drug-likeness (QED) is 0.766. The van der Waals surface area contributed by atoms with Gasteiger partial charge in [0.2, 0.25) is 5.95 Å². The summed E-state index contributed by atoms with van der Waals surface area (Å²) in [5, 5.41) is 0. The second kappa shape index (κ2) is 3.83. The lowest BCUT2D eigenvalue weighted by molar-refractivity contribution is -0.0222. The van der Waals surface area contributed by atoms with E-state index in [-0.39, 0.29) is 12.8 Å². The van der Waals surface area contributed by atoms with E-state index in [1.165, 1.54) is 0 Å². The first kappa shape index (κ1) is 11.3. The Bertz CT molecular complexity index is 568. The molecule has 18 heavy (non-hydrogen) atoms. The summed E-state index contributed by atoms with van der Waals surface area (Å²) in [5.74, 6) is -1.92. The monoisotopic (exact) mass is 252 g/mol. The fourth-order valence-electron chi connectivity index (χ4n) is 2.24. The molecule has 0 spiro atoms. The number of piperidine rings is 1. The molecule has 1 fully saturated rings. The predicted octanol–water partition coefficient (Wildman–Crippen LogP) is 2.38. The fraction of sp³-hybridized carbons (Fsp3) is 0.417. The molecule has 0 aliphatic carbocycles. The molecule has 1 aliphatic heterocycles. The number of hydrogen-bond acceptors (Lipinski definition) is 3. The predicted molar refractivity (Wildman–Crippen MR) is 66.9 cm³/mol. The zero-order valence-electron chi connectivity index (χ0n) is 9.79. The number of fused-ring (bicyclic) bond motifs is 1. The highest BCUT2D eigenvalue weighted by Crippen LogP contribution is 2.30. The average molecular weight is 252 g/mol. The summed E-state index contributed by atoms with van der Waals surface area (Å²) >= 11 is 0. The van der Waals surface area contributed by atoms with Crippen molar-refractivity contribution in [3.63, 3.8) is 0 Å². The fourth-order valence-corrected chi connectivity index (χ4v) is 2.24. The first-order valence-corrected chi connectivity index (χ1v) is 5.92. The number of nitrogens with zero attached hydrogens (tertiary/aromatic N) is 2. The van der Waals surface area contributed by atoms with E-state index in [9.17, 15) is 8.78 Å². The molecule has 1 aromatic heterocycles. The van der Waals surface area contributed by atoms with Crippen LogP contribution in [0.2, 0.25) is 0 Å². The number of H-pyrrole nitrogens is 1. The van der Waals surface area contributed by atoms with Crippen molar-refractivity contribution < 1.29 is 8.78 Å². The summed E-state index contributed by atoms with van der Waals surface area (Å²) in [5.41, 5.74) is 7.95. The Morgan fingerprint density at radius 3 is 2.67 bits per heavy atom. The highest BCUT2D eigenvalue weighted by molar-refractivity contribution is 5.88. The Hall–Kier alpha value is -1.85. The first-order valence-electron chi connectivity index (χ1n) is 5.92. The third kappa shape index (κ3) is 1.87.